The highest BCUT2D eigenvalue weighted by Gasteiger charge is 2.16. The van der Waals surface area contributed by atoms with Gasteiger partial charge in [0, 0.05) is 16.3 Å². The molecule has 4 aromatic rings. The lowest BCUT2D eigenvalue weighted by Crippen LogP contribution is -2.04. The maximum absolute atomic E-state index is 12.4. The molecule has 0 atom stereocenters. The fourth-order valence-corrected chi connectivity index (χ4v) is 3.15. The smallest absolute Gasteiger partial charge is 0.338 e. The van der Waals surface area contributed by atoms with Crippen LogP contribution in [0, 0.1) is 0 Å². The fraction of sp³-hybridized carbons (Fsp3) is 0.0909. The molecule has 26 heavy (non-hydrogen) atoms. The number of nitrogens with zero attached hydrogens (tertiary/aromatic N) is 1. The summed E-state index contributed by atoms with van der Waals surface area (Å²) >= 11 is 0. The summed E-state index contributed by atoms with van der Waals surface area (Å²) < 4.78 is 10.2. The molecular weight excluding hydrogens is 326 g/mol. The molecule has 4 nitrogen and oxygen atoms in total. The summed E-state index contributed by atoms with van der Waals surface area (Å²) in [6, 6.07) is 21.3. The quantitative estimate of drug-likeness (QED) is 0.394. The lowest BCUT2D eigenvalue weighted by Gasteiger charge is -2.11. The third-order valence-electron chi connectivity index (χ3n) is 4.50. The third-order valence-corrected chi connectivity index (χ3v) is 4.50. The molecule has 3 aromatic carbocycles. The van der Waals surface area contributed by atoms with Crippen molar-refractivity contribution < 1.29 is 14.3 Å². The number of pyridine rings is 1. The van der Waals surface area contributed by atoms with Gasteiger partial charge in [-0.15, -0.1) is 0 Å². The molecule has 0 N–H and O–H groups in total. The molecule has 4 rings (SSSR count). The van der Waals surface area contributed by atoms with Crippen molar-refractivity contribution in [2.24, 2.45) is 0 Å². The third kappa shape index (κ3) is 2.65. The van der Waals surface area contributed by atoms with E-state index in [0.29, 0.717) is 5.56 Å². The van der Waals surface area contributed by atoms with Crippen molar-refractivity contribution in [3.63, 3.8) is 0 Å². The average molecular weight is 343 g/mol. The first kappa shape index (κ1) is 16.1. The molecule has 4 heteroatoms. The van der Waals surface area contributed by atoms with Gasteiger partial charge in [-0.2, -0.15) is 0 Å². The molecule has 0 aliphatic heterocycles. The highest BCUT2D eigenvalue weighted by molar-refractivity contribution is 6.13. The summed E-state index contributed by atoms with van der Waals surface area (Å²) in [5.74, 6) is 0.399. The number of benzene rings is 3. The zero-order valence-electron chi connectivity index (χ0n) is 14.5. The van der Waals surface area contributed by atoms with Crippen molar-refractivity contribution >= 4 is 27.6 Å². The van der Waals surface area contributed by atoms with Gasteiger partial charge in [0.05, 0.1) is 31.0 Å². The van der Waals surface area contributed by atoms with Crippen LogP contribution < -0.4 is 4.74 Å². The van der Waals surface area contributed by atoms with E-state index in [1.165, 1.54) is 7.11 Å². The molecule has 0 radical (unpaired) electrons. The Morgan fingerprint density at radius 3 is 2.38 bits per heavy atom. The van der Waals surface area contributed by atoms with Crippen molar-refractivity contribution in [1.29, 1.82) is 0 Å². The van der Waals surface area contributed by atoms with Gasteiger partial charge in [-0.05, 0) is 35.7 Å². The molecule has 0 aliphatic rings. The monoisotopic (exact) mass is 343 g/mol. The van der Waals surface area contributed by atoms with Crippen LogP contribution in [-0.4, -0.2) is 25.2 Å². The maximum atomic E-state index is 12.4. The first-order valence-electron chi connectivity index (χ1n) is 8.26. The number of esters is 1. The second-order valence-corrected chi connectivity index (χ2v) is 5.96. The van der Waals surface area contributed by atoms with E-state index in [-0.39, 0.29) is 5.97 Å². The van der Waals surface area contributed by atoms with Crippen LogP contribution in [-0.2, 0) is 4.74 Å². The minimum absolute atomic E-state index is 0.373. The van der Waals surface area contributed by atoms with Crippen molar-refractivity contribution in [2.45, 2.75) is 0 Å². The minimum atomic E-state index is -0.373. The van der Waals surface area contributed by atoms with E-state index < -0.39 is 0 Å². The number of methoxy groups -OCH3 is 2. The number of carbonyl (C=O) groups excluding carboxylic acids is 1. The Labute approximate surface area is 151 Å². The van der Waals surface area contributed by atoms with Gasteiger partial charge in [0.1, 0.15) is 5.75 Å². The first-order valence-corrected chi connectivity index (χ1v) is 8.26. The van der Waals surface area contributed by atoms with E-state index in [1.807, 2.05) is 60.7 Å². The molecule has 0 saturated carbocycles. The Bertz CT molecular complexity index is 1120. The predicted molar refractivity (Wildman–Crippen MR) is 103 cm³/mol. The normalized spacial score (nSPS) is 10.8. The number of ether oxygens (including phenoxy) is 2. The lowest BCUT2D eigenvalue weighted by molar-refractivity contribution is 0.0603. The van der Waals surface area contributed by atoms with Gasteiger partial charge in [-0.1, -0.05) is 36.4 Å². The van der Waals surface area contributed by atoms with E-state index in [0.717, 1.165) is 38.7 Å². The number of rotatable bonds is 3. The highest BCUT2D eigenvalue weighted by atomic mass is 16.5. The largest absolute Gasteiger partial charge is 0.497 e. The van der Waals surface area contributed by atoms with Crippen molar-refractivity contribution in [1.82, 2.24) is 4.98 Å². The lowest BCUT2D eigenvalue weighted by atomic mass is 10.00. The molecule has 0 bridgehead atoms. The van der Waals surface area contributed by atoms with Crippen LogP contribution >= 0.6 is 0 Å². The van der Waals surface area contributed by atoms with Crippen LogP contribution in [0.4, 0.5) is 0 Å². The number of fused-ring (bicyclic) bond motifs is 3. The van der Waals surface area contributed by atoms with Gasteiger partial charge < -0.3 is 9.47 Å². The average Bonchev–Trinajstić information content (AvgIpc) is 2.72. The second-order valence-electron chi connectivity index (χ2n) is 5.96. The topological polar surface area (TPSA) is 48.4 Å². The van der Waals surface area contributed by atoms with Crippen LogP contribution in [0.15, 0.2) is 66.7 Å². The number of hydrogen-bond acceptors (Lipinski definition) is 4. The second kappa shape index (κ2) is 6.48. The molecule has 1 heterocycles. The van der Waals surface area contributed by atoms with Gasteiger partial charge in [-0.3, -0.25) is 0 Å². The Kier molecular flexibility index (Phi) is 4.01. The number of hydrogen-bond donors (Lipinski definition) is 0. The van der Waals surface area contributed by atoms with Gasteiger partial charge >= 0.3 is 5.97 Å². The molecule has 0 unspecified atom stereocenters. The summed E-state index contributed by atoms with van der Waals surface area (Å²) in [5.41, 5.74) is 2.92. The van der Waals surface area contributed by atoms with Crippen molar-refractivity contribution in [3.05, 3.63) is 72.3 Å². The molecule has 0 saturated heterocycles. The number of aromatic nitrogens is 1. The van der Waals surface area contributed by atoms with E-state index >= 15 is 0 Å². The van der Waals surface area contributed by atoms with E-state index in [2.05, 4.69) is 0 Å². The van der Waals surface area contributed by atoms with Crippen molar-refractivity contribution in [2.75, 3.05) is 14.2 Å². The van der Waals surface area contributed by atoms with Gasteiger partial charge in [0.15, 0.2) is 0 Å². The van der Waals surface area contributed by atoms with Gasteiger partial charge in [-0.25, -0.2) is 9.78 Å². The Hall–Kier alpha value is -3.40. The Morgan fingerprint density at radius 2 is 1.65 bits per heavy atom. The van der Waals surface area contributed by atoms with E-state index in [9.17, 15) is 4.79 Å². The Balaban J connectivity index is 2.04. The molecule has 0 spiro atoms. The van der Waals surface area contributed by atoms with Crippen LogP contribution in [0.25, 0.3) is 32.9 Å². The summed E-state index contributed by atoms with van der Waals surface area (Å²) in [7, 11) is 3.02. The fourth-order valence-electron chi connectivity index (χ4n) is 3.15. The van der Waals surface area contributed by atoms with Crippen LogP contribution in [0.2, 0.25) is 0 Å². The summed E-state index contributed by atoms with van der Waals surface area (Å²) in [6.07, 6.45) is 0. The van der Waals surface area contributed by atoms with Gasteiger partial charge in [0.2, 0.25) is 0 Å². The molecule has 0 aliphatic carbocycles. The predicted octanol–water partition coefficient (Wildman–Crippen LogP) is 4.85. The maximum Gasteiger partial charge on any atom is 0.338 e. The first-order chi connectivity index (χ1) is 12.7. The zero-order chi connectivity index (χ0) is 18.1. The molecule has 0 fully saturated rings. The summed E-state index contributed by atoms with van der Waals surface area (Å²) in [4.78, 5) is 17.2. The summed E-state index contributed by atoms with van der Waals surface area (Å²) in [6.45, 7) is 0. The number of carbonyl (C=O) groups is 1. The van der Waals surface area contributed by atoms with E-state index in [1.54, 1.807) is 13.2 Å². The molecular formula is C22H17NO3. The molecule has 0 amide bonds. The SMILES string of the molecule is COC(=O)c1cc(-c2ccc(OC)cc2)nc2c1ccc1ccccc12. The highest BCUT2D eigenvalue weighted by Crippen LogP contribution is 2.31. The van der Waals surface area contributed by atoms with Crippen LogP contribution in [0.3, 0.4) is 0 Å². The summed E-state index contributed by atoms with van der Waals surface area (Å²) in [5, 5.41) is 2.87. The zero-order valence-corrected chi connectivity index (χ0v) is 14.5. The minimum Gasteiger partial charge on any atom is -0.497 e. The molecule has 1 aromatic heterocycles. The van der Waals surface area contributed by atoms with Crippen LogP contribution in [0.5, 0.6) is 5.75 Å². The van der Waals surface area contributed by atoms with E-state index in [4.69, 9.17) is 14.5 Å². The van der Waals surface area contributed by atoms with Crippen molar-refractivity contribution in [3.8, 4) is 17.0 Å². The standard InChI is InChI=1S/C22H17NO3/c1-25-16-10-7-15(8-11-16)20-13-19(22(24)26-2)18-12-9-14-5-3-4-6-17(14)21(18)23-20/h3-13H,1-2H3. The molecule has 128 valence electrons. The Morgan fingerprint density at radius 1 is 0.885 bits per heavy atom. The van der Waals surface area contributed by atoms with Crippen LogP contribution in [0.1, 0.15) is 10.4 Å². The van der Waals surface area contributed by atoms with Gasteiger partial charge in [0.25, 0.3) is 0 Å².